The van der Waals surface area contributed by atoms with Gasteiger partial charge in [-0.25, -0.2) is 0 Å². The van der Waals surface area contributed by atoms with Crippen molar-refractivity contribution in [2.24, 2.45) is 0 Å². The Kier molecular flexibility index (Phi) is 2.74. The number of carbonyl (C=O) groups is 2. The lowest BCUT2D eigenvalue weighted by Crippen LogP contribution is -2.41. The van der Waals surface area contributed by atoms with Crippen LogP contribution in [0.5, 0.6) is 0 Å². The van der Waals surface area contributed by atoms with Gasteiger partial charge in [-0.15, -0.1) is 0 Å². The van der Waals surface area contributed by atoms with Crippen LogP contribution in [-0.4, -0.2) is 21.4 Å². The van der Waals surface area contributed by atoms with Crippen LogP contribution in [0.25, 0.3) is 11.0 Å². The van der Waals surface area contributed by atoms with Crippen molar-refractivity contribution in [2.45, 2.75) is 25.8 Å². The summed E-state index contributed by atoms with van der Waals surface area (Å²) in [4.78, 5) is 26.3. The molecule has 0 aliphatic carbocycles. The van der Waals surface area contributed by atoms with Gasteiger partial charge in [0.25, 0.3) is 0 Å². The van der Waals surface area contributed by atoms with Crippen LogP contribution >= 0.6 is 12.2 Å². The minimum atomic E-state index is -0.416. The first kappa shape index (κ1) is 12.1. The first-order valence-corrected chi connectivity index (χ1v) is 6.52. The molecule has 6 heteroatoms. The lowest BCUT2D eigenvalue weighted by atomic mass is 10.1. The smallest absolute Gasteiger partial charge is 0.249 e. The number of benzene rings is 1. The molecule has 1 aliphatic rings. The van der Waals surface area contributed by atoms with Crippen LogP contribution in [0.15, 0.2) is 18.2 Å². The van der Waals surface area contributed by atoms with Crippen LogP contribution < -0.4 is 5.32 Å². The summed E-state index contributed by atoms with van der Waals surface area (Å²) >= 11 is 5.32. The minimum absolute atomic E-state index is 0.219. The Hall–Kier alpha value is -1.95. The molecular weight excluding hydrogens is 262 g/mol. The van der Waals surface area contributed by atoms with Gasteiger partial charge in [0.1, 0.15) is 6.04 Å². The fraction of sp³-hybridized carbons (Fsp3) is 0.308. The van der Waals surface area contributed by atoms with E-state index >= 15 is 0 Å². The molecule has 2 aromatic rings. The number of rotatable bonds is 1. The average Bonchev–Trinajstić information content (AvgIpc) is 2.68. The molecule has 1 saturated heterocycles. The molecule has 1 aromatic carbocycles. The van der Waals surface area contributed by atoms with Gasteiger partial charge in [-0.1, -0.05) is 12.1 Å². The number of nitrogens with one attached hydrogen (secondary N) is 2. The molecule has 3 rings (SSSR count). The zero-order valence-electron chi connectivity index (χ0n) is 10.4. The quantitative estimate of drug-likeness (QED) is 0.618. The molecule has 1 unspecified atom stereocenters. The summed E-state index contributed by atoms with van der Waals surface area (Å²) in [6.07, 6.45) is 0.830. The average molecular weight is 275 g/mol. The van der Waals surface area contributed by atoms with Crippen molar-refractivity contribution in [3.63, 3.8) is 0 Å². The zero-order valence-corrected chi connectivity index (χ0v) is 11.2. The van der Waals surface area contributed by atoms with Crippen molar-refractivity contribution in [2.75, 3.05) is 0 Å². The van der Waals surface area contributed by atoms with Crippen molar-refractivity contribution >= 4 is 35.1 Å². The van der Waals surface area contributed by atoms with Crippen LogP contribution in [0.2, 0.25) is 0 Å². The van der Waals surface area contributed by atoms with E-state index in [1.807, 2.05) is 25.1 Å². The van der Waals surface area contributed by atoms with Crippen LogP contribution in [0.1, 0.15) is 24.4 Å². The highest BCUT2D eigenvalue weighted by Crippen LogP contribution is 2.26. The Morgan fingerprint density at radius 2 is 2.16 bits per heavy atom. The molecule has 0 spiro atoms. The van der Waals surface area contributed by atoms with E-state index in [0.717, 1.165) is 16.6 Å². The van der Waals surface area contributed by atoms with Gasteiger partial charge < -0.3 is 9.55 Å². The number of imidazole rings is 1. The second-order valence-electron chi connectivity index (χ2n) is 4.74. The number of aryl methyl sites for hydroxylation is 1. The second-order valence-corrected chi connectivity index (χ2v) is 5.12. The fourth-order valence-electron chi connectivity index (χ4n) is 2.53. The van der Waals surface area contributed by atoms with Crippen molar-refractivity contribution in [1.82, 2.24) is 14.9 Å². The standard InChI is InChI=1S/C13H13N3O2S/c1-7-3-2-4-8-11(7)15-13(19)16(8)9-5-6-10(17)14-12(9)18/h2-4,9H,5-6H2,1H3,(H,15,19)(H,14,17,18). The number of piperidine rings is 1. The number of para-hydroxylation sites is 1. The van der Waals surface area contributed by atoms with Crippen LogP contribution in [0, 0.1) is 11.7 Å². The largest absolute Gasteiger partial charge is 0.330 e. The predicted molar refractivity (Wildman–Crippen MR) is 73.3 cm³/mol. The Morgan fingerprint density at radius 1 is 1.37 bits per heavy atom. The molecule has 1 atom stereocenters. The highest BCUT2D eigenvalue weighted by Gasteiger charge is 2.29. The maximum Gasteiger partial charge on any atom is 0.249 e. The van der Waals surface area contributed by atoms with Gasteiger partial charge in [-0.3, -0.25) is 14.9 Å². The van der Waals surface area contributed by atoms with Crippen molar-refractivity contribution in [1.29, 1.82) is 0 Å². The molecule has 98 valence electrons. The number of aromatic amines is 1. The van der Waals surface area contributed by atoms with Gasteiger partial charge in [0.15, 0.2) is 4.77 Å². The van der Waals surface area contributed by atoms with E-state index in [1.165, 1.54) is 0 Å². The summed E-state index contributed by atoms with van der Waals surface area (Å²) < 4.78 is 2.32. The number of amides is 2. The van der Waals surface area contributed by atoms with Crippen molar-refractivity contribution in [3.05, 3.63) is 28.5 Å². The fourth-order valence-corrected chi connectivity index (χ4v) is 2.86. The molecule has 0 saturated carbocycles. The molecule has 2 amide bonds. The van der Waals surface area contributed by atoms with Gasteiger partial charge in [-0.2, -0.15) is 0 Å². The zero-order chi connectivity index (χ0) is 13.6. The number of fused-ring (bicyclic) bond motifs is 1. The molecule has 1 fully saturated rings. The maximum absolute atomic E-state index is 12.0. The number of H-pyrrole nitrogens is 1. The summed E-state index contributed by atoms with van der Waals surface area (Å²) in [5.74, 6) is -0.501. The molecule has 2 N–H and O–H groups in total. The Morgan fingerprint density at radius 3 is 2.89 bits per heavy atom. The molecule has 1 aromatic heterocycles. The molecule has 1 aliphatic heterocycles. The lowest BCUT2D eigenvalue weighted by Gasteiger charge is -2.22. The minimum Gasteiger partial charge on any atom is -0.330 e. The van der Waals surface area contributed by atoms with E-state index in [9.17, 15) is 9.59 Å². The molecule has 19 heavy (non-hydrogen) atoms. The molecule has 0 bridgehead atoms. The number of aromatic nitrogens is 2. The number of nitrogens with zero attached hydrogens (tertiary/aromatic N) is 1. The van der Waals surface area contributed by atoms with Gasteiger partial charge in [-0.05, 0) is 37.2 Å². The summed E-state index contributed by atoms with van der Waals surface area (Å²) in [7, 11) is 0. The highest BCUT2D eigenvalue weighted by atomic mass is 32.1. The van der Waals surface area contributed by atoms with E-state index < -0.39 is 6.04 Å². The normalized spacial score (nSPS) is 19.7. The first-order valence-electron chi connectivity index (χ1n) is 6.11. The van der Waals surface area contributed by atoms with E-state index in [2.05, 4.69) is 10.3 Å². The topological polar surface area (TPSA) is 66.9 Å². The lowest BCUT2D eigenvalue weighted by molar-refractivity contribution is -0.135. The van der Waals surface area contributed by atoms with Crippen molar-refractivity contribution < 1.29 is 9.59 Å². The van der Waals surface area contributed by atoms with Crippen molar-refractivity contribution in [3.8, 4) is 0 Å². The Bertz CT molecular complexity index is 744. The van der Waals surface area contributed by atoms with E-state index in [0.29, 0.717) is 17.6 Å². The van der Waals surface area contributed by atoms with Crippen LogP contribution in [-0.2, 0) is 9.59 Å². The predicted octanol–water partition coefficient (Wildman–Crippen LogP) is 1.99. The molecule has 5 nitrogen and oxygen atoms in total. The van der Waals surface area contributed by atoms with E-state index in [-0.39, 0.29) is 11.8 Å². The third-order valence-electron chi connectivity index (χ3n) is 3.48. The number of imide groups is 1. The first-order chi connectivity index (χ1) is 9.08. The van der Waals surface area contributed by atoms with E-state index in [4.69, 9.17) is 12.2 Å². The summed E-state index contributed by atoms with van der Waals surface area (Å²) in [5.41, 5.74) is 2.92. The summed E-state index contributed by atoms with van der Waals surface area (Å²) in [6, 6.07) is 5.43. The SMILES string of the molecule is Cc1cccc2c1[nH]c(=S)n2C1CCC(=O)NC1=O. The third kappa shape index (κ3) is 1.88. The van der Waals surface area contributed by atoms with E-state index in [1.54, 1.807) is 4.57 Å². The summed E-state index contributed by atoms with van der Waals surface area (Å²) in [6.45, 7) is 1.99. The third-order valence-corrected chi connectivity index (χ3v) is 3.78. The molecule has 2 heterocycles. The molecule has 0 radical (unpaired) electrons. The number of hydrogen-bond donors (Lipinski definition) is 2. The van der Waals surface area contributed by atoms with Gasteiger partial charge >= 0.3 is 0 Å². The molecular formula is C13H13N3O2S. The van der Waals surface area contributed by atoms with Gasteiger partial charge in [0.05, 0.1) is 11.0 Å². The monoisotopic (exact) mass is 275 g/mol. The second kappa shape index (κ2) is 4.31. The van der Waals surface area contributed by atoms with Gasteiger partial charge in [0, 0.05) is 6.42 Å². The van der Waals surface area contributed by atoms with Gasteiger partial charge in [0.2, 0.25) is 11.8 Å². The summed E-state index contributed by atoms with van der Waals surface area (Å²) in [5, 5.41) is 2.37. The van der Waals surface area contributed by atoms with Crippen LogP contribution in [0.3, 0.4) is 0 Å². The number of hydrogen-bond acceptors (Lipinski definition) is 3. The Labute approximate surface area is 114 Å². The van der Waals surface area contributed by atoms with Crippen LogP contribution in [0.4, 0.5) is 0 Å². The highest BCUT2D eigenvalue weighted by molar-refractivity contribution is 7.71. The number of carbonyl (C=O) groups excluding carboxylic acids is 2. The maximum atomic E-state index is 12.0. The Balaban J connectivity index is 2.18.